The van der Waals surface area contributed by atoms with Crippen molar-refractivity contribution in [3.63, 3.8) is 0 Å². The van der Waals surface area contributed by atoms with Crippen LogP contribution in [0.4, 0.5) is 15.8 Å². The molecule has 2 aromatic heterocycles. The number of fused-ring (bicyclic) bond motifs is 1. The van der Waals surface area contributed by atoms with Crippen LogP contribution < -0.4 is 16.4 Å². The Kier molecular flexibility index (Phi) is 6.60. The maximum absolute atomic E-state index is 13.7. The summed E-state index contributed by atoms with van der Waals surface area (Å²) in [5, 5.41) is 26.9. The summed E-state index contributed by atoms with van der Waals surface area (Å²) < 4.78 is 15.6. The van der Waals surface area contributed by atoms with Crippen LogP contribution >= 0.6 is 11.6 Å². The quantitative estimate of drug-likeness (QED) is 0.280. The number of nitrogens with zero attached hydrogens (tertiary/aromatic N) is 5. The molecule has 6 rings (SSSR count). The number of rotatable bonds is 7. The molecule has 0 bridgehead atoms. The molecule has 10 heteroatoms. The van der Waals surface area contributed by atoms with Gasteiger partial charge in [0, 0.05) is 29.4 Å². The van der Waals surface area contributed by atoms with Gasteiger partial charge in [0.05, 0.1) is 40.1 Å². The molecule has 8 nitrogen and oxygen atoms in total. The minimum atomic E-state index is -0.396. The number of halogens is 2. The van der Waals surface area contributed by atoms with Crippen molar-refractivity contribution in [3.8, 4) is 6.07 Å². The Balaban J connectivity index is 1.41. The summed E-state index contributed by atoms with van der Waals surface area (Å²) in [5.41, 5.74) is 10.4. The van der Waals surface area contributed by atoms with Gasteiger partial charge >= 0.3 is 0 Å². The highest BCUT2D eigenvalue weighted by Gasteiger charge is 2.28. The Bertz CT molecular complexity index is 1510. The zero-order valence-corrected chi connectivity index (χ0v) is 21.5. The average molecular weight is 531 g/mol. The largest absolute Gasteiger partial charge is 0.379 e. The van der Waals surface area contributed by atoms with Gasteiger partial charge in [-0.3, -0.25) is 4.98 Å². The topological polar surface area (TPSA) is 117 Å². The molecule has 2 aliphatic carbocycles. The highest BCUT2D eigenvalue weighted by Crippen LogP contribution is 2.38. The zero-order valence-electron chi connectivity index (χ0n) is 20.7. The number of anilines is 2. The molecule has 2 fully saturated rings. The molecule has 0 spiro atoms. The number of pyridine rings is 1. The number of aromatic nitrogens is 4. The van der Waals surface area contributed by atoms with E-state index in [2.05, 4.69) is 32.0 Å². The first kappa shape index (κ1) is 24.6. The standard InChI is InChI=1S/C28H28ClFN8/c29-22-12-19(11-21-26(17(13-31)14-33-28(21)22)35-24-4-2-1-3-23(24)32)34-27(16-5-7-18(30)8-6-16)25-15-38(37-36-25)20-9-10-20/h5-8,11-12,14-15,20,23-24,27,34H,1-4,9-10,32H2,(H,33,35)/t23-,24+,27?/m0/s1. The van der Waals surface area contributed by atoms with Crippen molar-refractivity contribution in [1.82, 2.24) is 20.0 Å². The van der Waals surface area contributed by atoms with Crippen LogP contribution in [-0.4, -0.2) is 32.1 Å². The van der Waals surface area contributed by atoms with E-state index in [0.29, 0.717) is 33.5 Å². The van der Waals surface area contributed by atoms with Gasteiger partial charge in [-0.25, -0.2) is 9.07 Å². The lowest BCUT2D eigenvalue weighted by atomic mass is 9.90. The van der Waals surface area contributed by atoms with Crippen molar-refractivity contribution in [3.05, 3.63) is 76.5 Å². The lowest BCUT2D eigenvalue weighted by Crippen LogP contribution is -2.42. The molecule has 0 saturated heterocycles. The minimum absolute atomic E-state index is 0.00669. The van der Waals surface area contributed by atoms with Crippen molar-refractivity contribution in [1.29, 1.82) is 5.26 Å². The highest BCUT2D eigenvalue weighted by molar-refractivity contribution is 6.35. The molecule has 2 aromatic carbocycles. The van der Waals surface area contributed by atoms with E-state index in [-0.39, 0.29) is 17.9 Å². The SMILES string of the molecule is N#Cc1cnc2c(Cl)cc(NC(c3ccc(F)cc3)c3cn(C4CC4)nn3)cc2c1N[C@@H]1CCCC[C@@H]1N. The van der Waals surface area contributed by atoms with E-state index in [4.69, 9.17) is 17.3 Å². The normalized spacial score (nSPS) is 20.2. The summed E-state index contributed by atoms with van der Waals surface area (Å²) >= 11 is 6.73. The Morgan fingerprint density at radius 3 is 2.66 bits per heavy atom. The van der Waals surface area contributed by atoms with Gasteiger partial charge in [-0.1, -0.05) is 41.8 Å². The van der Waals surface area contributed by atoms with E-state index in [0.717, 1.165) is 55.2 Å². The first-order valence-electron chi connectivity index (χ1n) is 13.0. The number of hydrogen-bond acceptors (Lipinski definition) is 7. The Morgan fingerprint density at radius 1 is 1.13 bits per heavy atom. The molecule has 194 valence electrons. The highest BCUT2D eigenvalue weighted by atomic mass is 35.5. The van der Waals surface area contributed by atoms with E-state index < -0.39 is 6.04 Å². The number of hydrogen-bond donors (Lipinski definition) is 3. The third-order valence-electron chi connectivity index (χ3n) is 7.45. The molecular weight excluding hydrogens is 503 g/mol. The molecule has 1 unspecified atom stereocenters. The van der Waals surface area contributed by atoms with E-state index in [1.807, 2.05) is 16.9 Å². The molecule has 2 heterocycles. The molecule has 2 saturated carbocycles. The van der Waals surface area contributed by atoms with E-state index in [1.54, 1.807) is 24.4 Å². The van der Waals surface area contributed by atoms with E-state index in [1.165, 1.54) is 12.1 Å². The van der Waals surface area contributed by atoms with Crippen molar-refractivity contribution in [2.75, 3.05) is 10.6 Å². The van der Waals surface area contributed by atoms with Crippen molar-refractivity contribution >= 4 is 33.9 Å². The average Bonchev–Trinajstić information content (AvgIpc) is 3.66. The fraction of sp³-hybridized carbons (Fsp3) is 0.357. The minimum Gasteiger partial charge on any atom is -0.379 e. The van der Waals surface area contributed by atoms with Crippen LogP contribution in [0.25, 0.3) is 10.9 Å². The monoisotopic (exact) mass is 530 g/mol. The van der Waals surface area contributed by atoms with Crippen LogP contribution in [0.1, 0.15) is 67.4 Å². The van der Waals surface area contributed by atoms with Crippen molar-refractivity contribution in [2.24, 2.45) is 5.73 Å². The predicted octanol–water partition coefficient (Wildman–Crippen LogP) is 5.71. The van der Waals surface area contributed by atoms with Crippen LogP contribution in [0.3, 0.4) is 0 Å². The fourth-order valence-corrected chi connectivity index (χ4v) is 5.47. The maximum Gasteiger partial charge on any atom is 0.123 e. The van der Waals surface area contributed by atoms with Crippen LogP contribution in [0.2, 0.25) is 5.02 Å². The molecule has 4 aromatic rings. The van der Waals surface area contributed by atoms with Gasteiger partial charge in [0.1, 0.15) is 17.6 Å². The van der Waals surface area contributed by atoms with E-state index >= 15 is 0 Å². The first-order chi connectivity index (χ1) is 18.5. The second kappa shape index (κ2) is 10.2. The van der Waals surface area contributed by atoms with E-state index in [9.17, 15) is 9.65 Å². The van der Waals surface area contributed by atoms with Crippen LogP contribution in [-0.2, 0) is 0 Å². The molecule has 3 atom stereocenters. The molecule has 4 N–H and O–H groups in total. The zero-order chi connectivity index (χ0) is 26.2. The van der Waals surface area contributed by atoms with Crippen LogP contribution in [0.15, 0.2) is 48.8 Å². The van der Waals surface area contributed by atoms with Crippen LogP contribution in [0.5, 0.6) is 0 Å². The Morgan fingerprint density at radius 2 is 1.92 bits per heavy atom. The van der Waals surface area contributed by atoms with Gasteiger partial charge in [0.2, 0.25) is 0 Å². The Labute approximate surface area is 225 Å². The molecule has 0 radical (unpaired) electrons. The van der Waals surface area contributed by atoms with Crippen molar-refractivity contribution in [2.45, 2.75) is 62.7 Å². The second-order valence-corrected chi connectivity index (χ2v) is 10.6. The first-order valence-corrected chi connectivity index (χ1v) is 13.4. The summed E-state index contributed by atoms with van der Waals surface area (Å²) in [6, 6.07) is 12.4. The van der Waals surface area contributed by atoms with Gasteiger partial charge in [-0.05, 0) is 55.5 Å². The van der Waals surface area contributed by atoms with Crippen LogP contribution in [0, 0.1) is 17.1 Å². The van der Waals surface area contributed by atoms with Gasteiger partial charge in [0.25, 0.3) is 0 Å². The van der Waals surface area contributed by atoms with Gasteiger partial charge in [0.15, 0.2) is 0 Å². The summed E-state index contributed by atoms with van der Waals surface area (Å²) in [7, 11) is 0. The molecule has 0 aliphatic heterocycles. The number of nitriles is 1. The molecule has 2 aliphatic rings. The summed E-state index contributed by atoms with van der Waals surface area (Å²) in [5.74, 6) is -0.311. The van der Waals surface area contributed by atoms with Crippen molar-refractivity contribution < 1.29 is 4.39 Å². The summed E-state index contributed by atoms with van der Waals surface area (Å²) in [6.07, 6.45) is 9.74. The fourth-order valence-electron chi connectivity index (χ4n) is 5.20. The maximum atomic E-state index is 13.7. The third kappa shape index (κ3) is 4.89. The van der Waals surface area contributed by atoms with Gasteiger partial charge in [-0.2, -0.15) is 5.26 Å². The second-order valence-electron chi connectivity index (χ2n) is 10.2. The lowest BCUT2D eigenvalue weighted by Gasteiger charge is -2.31. The number of benzene rings is 2. The van der Waals surface area contributed by atoms with Gasteiger partial charge in [-0.15, -0.1) is 5.10 Å². The smallest absolute Gasteiger partial charge is 0.123 e. The molecule has 0 amide bonds. The number of nitrogens with two attached hydrogens (primary N) is 1. The molecular formula is C28H28ClFN8. The lowest BCUT2D eigenvalue weighted by molar-refractivity contribution is 0.404. The van der Waals surface area contributed by atoms with Gasteiger partial charge < -0.3 is 16.4 Å². The third-order valence-corrected chi connectivity index (χ3v) is 7.74. The molecule has 38 heavy (non-hydrogen) atoms. The summed E-state index contributed by atoms with van der Waals surface area (Å²) in [6.45, 7) is 0. The predicted molar refractivity (Wildman–Crippen MR) is 145 cm³/mol. The number of nitrogens with one attached hydrogen (secondary N) is 2. The summed E-state index contributed by atoms with van der Waals surface area (Å²) in [4.78, 5) is 4.48. The Hall–Kier alpha value is -3.74.